The quantitative estimate of drug-likeness (QED) is 0.725. The van der Waals surface area contributed by atoms with Crippen LogP contribution in [0.15, 0.2) is 54.6 Å². The Balaban J connectivity index is 0.00000231. The molecule has 1 N–H and O–H groups in total. The molecule has 30 heavy (non-hydrogen) atoms. The van der Waals surface area contributed by atoms with Crippen molar-refractivity contribution in [2.45, 2.75) is 75.3 Å². The fourth-order valence-electron chi connectivity index (χ4n) is 6.56. The molecular formula is C27H36N2O. The first kappa shape index (κ1) is 19.8. The van der Waals surface area contributed by atoms with E-state index < -0.39 is 0 Å². The summed E-state index contributed by atoms with van der Waals surface area (Å²) in [5.41, 5.74) is 4.63. The van der Waals surface area contributed by atoms with Crippen LogP contribution in [-0.4, -0.2) is 29.9 Å². The van der Waals surface area contributed by atoms with Gasteiger partial charge in [-0.05, 0) is 80.6 Å². The number of hydrogen-bond donors (Lipinski definition) is 1. The Labute approximate surface area is 182 Å². The summed E-state index contributed by atoms with van der Waals surface area (Å²) in [7, 11) is 0. The average molecular weight is 405 g/mol. The molecule has 0 radical (unpaired) electrons. The molecule has 2 aromatic carbocycles. The minimum Gasteiger partial charge on any atom is -0.349 e. The van der Waals surface area contributed by atoms with Gasteiger partial charge in [0.2, 0.25) is 5.91 Å². The van der Waals surface area contributed by atoms with E-state index in [-0.39, 0.29) is 18.8 Å². The van der Waals surface area contributed by atoms with Crippen LogP contribution in [-0.2, 0) is 10.2 Å². The number of nitrogens with zero attached hydrogens (tertiary/aromatic N) is 1. The van der Waals surface area contributed by atoms with Crippen LogP contribution in [0.2, 0.25) is 0 Å². The van der Waals surface area contributed by atoms with Crippen molar-refractivity contribution in [2.24, 2.45) is 0 Å². The predicted molar refractivity (Wildman–Crippen MR) is 124 cm³/mol. The maximum atomic E-state index is 11.7. The second-order valence-corrected chi connectivity index (χ2v) is 9.78. The van der Waals surface area contributed by atoms with Crippen LogP contribution >= 0.6 is 0 Å². The van der Waals surface area contributed by atoms with Gasteiger partial charge >= 0.3 is 0 Å². The largest absolute Gasteiger partial charge is 0.349 e. The van der Waals surface area contributed by atoms with E-state index in [9.17, 15) is 4.79 Å². The summed E-state index contributed by atoms with van der Waals surface area (Å²) < 4.78 is 0. The van der Waals surface area contributed by atoms with Crippen LogP contribution in [0.3, 0.4) is 0 Å². The lowest BCUT2D eigenvalue weighted by atomic mass is 9.72. The van der Waals surface area contributed by atoms with Gasteiger partial charge in [-0.2, -0.15) is 0 Å². The summed E-state index contributed by atoms with van der Waals surface area (Å²) >= 11 is 0. The topological polar surface area (TPSA) is 32.3 Å². The second kappa shape index (κ2) is 8.19. The molecule has 3 aliphatic rings. The fraction of sp³-hybridized carbons (Fsp3) is 0.519. The van der Waals surface area contributed by atoms with Crippen LogP contribution in [0.5, 0.6) is 0 Å². The number of fused-ring (bicyclic) bond motifs is 2. The molecule has 2 aromatic rings. The van der Waals surface area contributed by atoms with Gasteiger partial charge in [0.05, 0.1) is 6.04 Å². The zero-order chi connectivity index (χ0) is 20.6. The number of amides is 1. The third-order valence-electron chi connectivity index (χ3n) is 8.12. The molecule has 0 bridgehead atoms. The molecule has 1 saturated carbocycles. The van der Waals surface area contributed by atoms with Crippen LogP contribution < -0.4 is 5.32 Å². The summed E-state index contributed by atoms with van der Waals surface area (Å²) in [5, 5.41) is 3.21. The molecule has 1 atom stereocenters. The van der Waals surface area contributed by atoms with Gasteiger partial charge in [-0.25, -0.2) is 0 Å². The Bertz CT molecular complexity index is 883. The van der Waals surface area contributed by atoms with Gasteiger partial charge in [-0.15, -0.1) is 0 Å². The van der Waals surface area contributed by atoms with Crippen molar-refractivity contribution < 1.29 is 6.22 Å². The maximum Gasteiger partial charge on any atom is 0.217 e. The van der Waals surface area contributed by atoms with Crippen molar-refractivity contribution in [1.29, 1.82) is 0 Å². The van der Waals surface area contributed by atoms with E-state index >= 15 is 0 Å². The molecule has 2 fully saturated rings. The highest BCUT2D eigenvalue weighted by Crippen LogP contribution is 2.51. The smallest absolute Gasteiger partial charge is 0.217 e. The summed E-state index contributed by atoms with van der Waals surface area (Å²) in [6.45, 7) is 4.03. The molecular weight excluding hydrogens is 368 g/mol. The number of carbonyl (C=O) groups excluding carboxylic acids is 1. The van der Waals surface area contributed by atoms with E-state index in [1.807, 2.05) is 0 Å². The Kier molecular flexibility index (Phi) is 5.41. The Morgan fingerprint density at radius 3 is 2.33 bits per heavy atom. The first-order valence-corrected chi connectivity index (χ1v) is 11.8. The Morgan fingerprint density at radius 1 is 0.967 bits per heavy atom. The number of likely N-dealkylation sites (tertiary alicyclic amines) is 1. The molecule has 1 aliphatic heterocycles. The van der Waals surface area contributed by atoms with E-state index in [0.717, 1.165) is 18.4 Å². The number of hydrogen-bond acceptors (Lipinski definition) is 2. The summed E-state index contributed by atoms with van der Waals surface area (Å²) in [4.78, 5) is 14.5. The van der Waals surface area contributed by atoms with Crippen LogP contribution in [0, 0.1) is 0 Å². The van der Waals surface area contributed by atoms with Crippen LogP contribution in [0.25, 0.3) is 0 Å². The van der Waals surface area contributed by atoms with Crippen LogP contribution in [0.4, 0.5) is 0 Å². The monoisotopic (exact) mass is 404 g/mol. The highest BCUT2D eigenvalue weighted by atomic mass is 16.1. The lowest BCUT2D eigenvalue weighted by molar-refractivity contribution is -0.119. The number of rotatable bonds is 3. The Morgan fingerprint density at radius 2 is 1.63 bits per heavy atom. The van der Waals surface area contributed by atoms with Gasteiger partial charge < -0.3 is 10.2 Å². The number of nitrogens with one attached hydrogen (secondary N) is 1. The highest BCUT2D eigenvalue weighted by Gasteiger charge is 2.46. The van der Waals surface area contributed by atoms with E-state index in [0.29, 0.717) is 0 Å². The summed E-state index contributed by atoms with van der Waals surface area (Å²) in [6, 6.07) is 20.9. The highest BCUT2D eigenvalue weighted by molar-refractivity contribution is 5.73. The minimum absolute atomic E-state index is 0. The molecule has 1 saturated heterocycles. The van der Waals surface area contributed by atoms with Crippen molar-refractivity contribution in [1.82, 2.24) is 10.2 Å². The minimum atomic E-state index is 0. The van der Waals surface area contributed by atoms with E-state index in [4.69, 9.17) is 0 Å². The molecule has 160 valence electrons. The molecule has 0 aromatic heterocycles. The third-order valence-corrected chi connectivity index (χ3v) is 8.12. The van der Waals surface area contributed by atoms with Crippen molar-refractivity contribution in [3.63, 3.8) is 0 Å². The van der Waals surface area contributed by atoms with E-state index in [2.05, 4.69) is 64.8 Å². The lowest BCUT2D eigenvalue weighted by Gasteiger charge is -2.45. The molecule has 3 heteroatoms. The molecule has 0 unspecified atom stereocenters. The molecule has 1 spiro atoms. The first-order chi connectivity index (χ1) is 14.6. The standard InChI is InChI=1S/C27H34N2O.H2/c1-20(30)28-26-19-27(25-10-6-5-9-24(25)26)15-17-29(18-16-27)23-13-11-22(12-14-23)21-7-3-2-4-8-21;/h2-10,22-23,26H,11-19H2,1H3,(H,28,30);1H/t22?,23?,26-;/m0./s1. The zero-order valence-corrected chi connectivity index (χ0v) is 18.1. The SMILES string of the molecule is CC(=O)N[C@H]1CC2(CCN(C3CCC(c4ccccc4)CC3)CC2)c2ccccc21.[HH]. The number of benzene rings is 2. The summed E-state index contributed by atoms with van der Waals surface area (Å²) in [5.74, 6) is 0.832. The molecule has 2 aliphatic carbocycles. The van der Waals surface area contributed by atoms with Gasteiger partial charge in [0, 0.05) is 19.8 Å². The van der Waals surface area contributed by atoms with Gasteiger partial charge in [-0.1, -0.05) is 54.6 Å². The van der Waals surface area contributed by atoms with Gasteiger partial charge in [0.25, 0.3) is 0 Å². The zero-order valence-electron chi connectivity index (χ0n) is 18.1. The van der Waals surface area contributed by atoms with Crippen molar-refractivity contribution >= 4 is 5.91 Å². The first-order valence-electron chi connectivity index (χ1n) is 11.8. The van der Waals surface area contributed by atoms with Crippen molar-refractivity contribution in [2.75, 3.05) is 13.1 Å². The normalized spacial score (nSPS) is 28.2. The maximum absolute atomic E-state index is 11.7. The van der Waals surface area contributed by atoms with Gasteiger partial charge in [0.1, 0.15) is 0 Å². The molecule has 1 heterocycles. The fourth-order valence-corrected chi connectivity index (χ4v) is 6.56. The van der Waals surface area contributed by atoms with E-state index in [1.54, 1.807) is 6.92 Å². The van der Waals surface area contributed by atoms with E-state index in [1.165, 1.54) is 68.3 Å². The number of carbonyl (C=O) groups is 1. The molecule has 5 rings (SSSR count). The second-order valence-electron chi connectivity index (χ2n) is 9.78. The van der Waals surface area contributed by atoms with Gasteiger partial charge in [-0.3, -0.25) is 4.79 Å². The van der Waals surface area contributed by atoms with Crippen LogP contribution in [0.1, 0.15) is 81.9 Å². The molecule has 1 amide bonds. The number of piperidine rings is 1. The van der Waals surface area contributed by atoms with Gasteiger partial charge in [0.15, 0.2) is 0 Å². The average Bonchev–Trinajstić information content (AvgIpc) is 3.08. The molecule has 3 nitrogen and oxygen atoms in total. The lowest BCUT2D eigenvalue weighted by Crippen LogP contribution is -2.47. The van der Waals surface area contributed by atoms with Crippen molar-refractivity contribution in [3.05, 3.63) is 71.3 Å². The third kappa shape index (κ3) is 3.69. The summed E-state index contributed by atoms with van der Waals surface area (Å²) in [6.07, 6.45) is 8.82. The predicted octanol–water partition coefficient (Wildman–Crippen LogP) is 5.57. The van der Waals surface area contributed by atoms with Crippen molar-refractivity contribution in [3.8, 4) is 0 Å². The Hall–Kier alpha value is -2.13.